The molecule has 3 aromatic carbocycles. The number of benzene rings is 3. The van der Waals surface area contributed by atoms with Crippen molar-refractivity contribution in [2.45, 2.75) is 84.0 Å². The SMILES string of the molecule is CC#CCn1c(N2CCC[C@@H](NC(=O)CCOCCOCCOCCOCCOCCOCCN(C)C(=O)CCc3cc(Cl)c(Oc4sccc4C(=O)N4CCN(C5CC5)c5ccccc54)cc3Cl)C2)nc2c1c(=O)n(Cc1nc(C)c3ccccc3n1)c(=O)n2C. The summed E-state index contributed by atoms with van der Waals surface area (Å²) in [4.78, 5) is 90.0. The Morgan fingerprint density at radius 1 is 0.761 bits per heavy atom. The number of likely N-dealkylation sites (N-methyl/N-ethyl adjacent to an activating group) is 1. The average Bonchev–Trinajstić information content (AvgIpc) is 1.58. The first-order valence-electron chi connectivity index (χ1n) is 31.2. The van der Waals surface area contributed by atoms with Crippen molar-refractivity contribution in [2.75, 3.05) is 134 Å². The summed E-state index contributed by atoms with van der Waals surface area (Å²) < 4.78 is 44.3. The van der Waals surface area contributed by atoms with Crippen molar-refractivity contribution in [2.24, 2.45) is 7.05 Å². The van der Waals surface area contributed by atoms with Crippen LogP contribution in [0, 0.1) is 18.8 Å². The second kappa shape index (κ2) is 32.9. The lowest BCUT2D eigenvalue weighted by Crippen LogP contribution is -2.48. The van der Waals surface area contributed by atoms with Gasteiger partial charge in [0.2, 0.25) is 17.8 Å². The first-order chi connectivity index (χ1) is 44.8. The smallest absolute Gasteiger partial charge is 0.332 e. The van der Waals surface area contributed by atoms with Gasteiger partial charge in [0.05, 0.1) is 120 Å². The predicted octanol–water partition coefficient (Wildman–Crippen LogP) is 7.68. The van der Waals surface area contributed by atoms with Crippen LogP contribution in [0.15, 0.2) is 81.7 Å². The number of aromatic nitrogens is 6. The molecule has 1 aliphatic carbocycles. The number of hydrogen-bond acceptors (Lipinski definition) is 18. The van der Waals surface area contributed by atoms with E-state index in [0.29, 0.717) is 155 Å². The minimum absolute atomic E-state index is 0.0648. The Kier molecular flexibility index (Phi) is 24.1. The molecule has 0 bridgehead atoms. The Hall–Kier alpha value is -7.44. The molecule has 490 valence electrons. The van der Waals surface area contributed by atoms with E-state index in [1.165, 1.54) is 28.7 Å². The number of aryl methyl sites for hydroxylation is 3. The molecule has 26 heteroatoms. The highest BCUT2D eigenvalue weighted by atomic mass is 35.5. The number of anilines is 3. The third-order valence-electron chi connectivity index (χ3n) is 16.2. The highest BCUT2D eigenvalue weighted by Gasteiger charge is 2.37. The molecule has 2 aliphatic heterocycles. The Bertz CT molecular complexity index is 3900. The molecule has 1 saturated carbocycles. The molecular formula is C66H79Cl2N11O12S. The van der Waals surface area contributed by atoms with E-state index in [-0.39, 0.29) is 67.5 Å². The van der Waals surface area contributed by atoms with Gasteiger partial charge in [0.25, 0.3) is 11.5 Å². The highest BCUT2D eigenvalue weighted by molar-refractivity contribution is 7.12. The average molecular weight is 1320 g/mol. The zero-order valence-electron chi connectivity index (χ0n) is 52.5. The standard InChI is InChI=1S/C66H79Cl2N11O12S/c1-5-6-24-78-60-61(74(4)66(84)79(63(60)83)44-57-69-45(2)49-13-7-8-14-53(49)71-57)72-65(78)75-23-11-12-47(43-75)70-58(80)21-28-85-30-32-87-34-36-89-38-39-90-37-35-88-33-31-86-29-27-73(3)59(81)20-17-46-41-52(68)56(42-51(46)67)91-64-50(22-40-92-64)62(82)77-26-25-76(48-18-19-48)54-15-9-10-16-55(54)77/h7-10,13-16,22,40-42,47-48H,11-12,17-21,23-39,43-44H2,1-4H3,(H,70,80)/t47-/m1/s1. The molecule has 0 radical (unpaired) electrons. The largest absolute Gasteiger partial charge is 0.444 e. The van der Waals surface area contributed by atoms with Gasteiger partial charge in [-0.3, -0.25) is 32.9 Å². The van der Waals surface area contributed by atoms with Crippen LogP contribution in [0.4, 0.5) is 17.3 Å². The van der Waals surface area contributed by atoms with Crippen LogP contribution in [0.5, 0.6) is 10.8 Å². The molecule has 92 heavy (non-hydrogen) atoms. The monoisotopic (exact) mass is 1320 g/mol. The van der Waals surface area contributed by atoms with Crippen molar-refractivity contribution >= 4 is 91.7 Å². The predicted molar refractivity (Wildman–Crippen MR) is 354 cm³/mol. The van der Waals surface area contributed by atoms with E-state index in [0.717, 1.165) is 51.9 Å². The van der Waals surface area contributed by atoms with Crippen LogP contribution in [0.25, 0.3) is 22.1 Å². The van der Waals surface area contributed by atoms with E-state index in [4.69, 9.17) is 61.3 Å². The fraction of sp³-hybridized carbons (Fsp3) is 0.485. The van der Waals surface area contributed by atoms with Gasteiger partial charge < -0.3 is 58.1 Å². The number of thiophene rings is 1. The number of piperidine rings is 1. The van der Waals surface area contributed by atoms with E-state index in [1.54, 1.807) is 48.7 Å². The van der Waals surface area contributed by atoms with Crippen LogP contribution >= 0.6 is 34.5 Å². The molecule has 3 amide bonds. The molecule has 0 spiro atoms. The number of carbonyl (C=O) groups excluding carboxylic acids is 3. The molecule has 0 unspecified atom stereocenters. The van der Waals surface area contributed by atoms with Gasteiger partial charge in [0.15, 0.2) is 16.2 Å². The first kappa shape index (κ1) is 67.4. The van der Waals surface area contributed by atoms with E-state index in [2.05, 4.69) is 38.1 Å². The Balaban J connectivity index is 0.530. The summed E-state index contributed by atoms with van der Waals surface area (Å²) >= 11 is 14.7. The maximum atomic E-state index is 14.2. The summed E-state index contributed by atoms with van der Waals surface area (Å²) in [7, 11) is 3.33. The summed E-state index contributed by atoms with van der Waals surface area (Å²) in [5.74, 6) is 6.83. The maximum absolute atomic E-state index is 14.2. The van der Waals surface area contributed by atoms with Crippen molar-refractivity contribution in [3.05, 3.63) is 126 Å². The molecule has 6 heterocycles. The minimum atomic E-state index is -0.532. The van der Waals surface area contributed by atoms with Crippen molar-refractivity contribution in [1.29, 1.82) is 0 Å². The summed E-state index contributed by atoms with van der Waals surface area (Å²) in [6.07, 6.45) is 4.67. The molecular weight excluding hydrogens is 1240 g/mol. The van der Waals surface area contributed by atoms with Crippen molar-refractivity contribution in [3.63, 3.8) is 0 Å². The van der Waals surface area contributed by atoms with Gasteiger partial charge in [-0.15, -0.1) is 17.3 Å². The minimum Gasteiger partial charge on any atom is -0.444 e. The topological polar surface area (TPSA) is 228 Å². The lowest BCUT2D eigenvalue weighted by atomic mass is 10.1. The van der Waals surface area contributed by atoms with Crippen LogP contribution in [-0.4, -0.2) is 182 Å². The van der Waals surface area contributed by atoms with Crippen molar-refractivity contribution in [3.8, 4) is 22.7 Å². The zero-order valence-corrected chi connectivity index (χ0v) is 54.8. The normalized spacial score (nSPS) is 14.8. The number of nitrogens with one attached hydrogen (secondary N) is 1. The molecule has 1 atom stereocenters. The fourth-order valence-corrected chi connectivity index (χ4v) is 12.5. The van der Waals surface area contributed by atoms with E-state index in [9.17, 15) is 24.0 Å². The van der Waals surface area contributed by atoms with E-state index >= 15 is 0 Å². The zero-order chi connectivity index (χ0) is 64.5. The number of fused-ring (bicyclic) bond motifs is 3. The van der Waals surface area contributed by atoms with Gasteiger partial charge >= 0.3 is 5.69 Å². The Morgan fingerprint density at radius 2 is 1.43 bits per heavy atom. The lowest BCUT2D eigenvalue weighted by molar-refractivity contribution is -0.130. The van der Waals surface area contributed by atoms with Crippen LogP contribution in [0.1, 0.15) is 72.9 Å². The van der Waals surface area contributed by atoms with Crippen LogP contribution in [0.2, 0.25) is 10.0 Å². The van der Waals surface area contributed by atoms with E-state index < -0.39 is 11.2 Å². The van der Waals surface area contributed by atoms with Gasteiger partial charge in [-0.1, -0.05) is 59.5 Å². The van der Waals surface area contributed by atoms with Crippen molar-refractivity contribution in [1.82, 2.24) is 38.9 Å². The van der Waals surface area contributed by atoms with Gasteiger partial charge in [0.1, 0.15) is 11.6 Å². The third-order valence-corrected chi connectivity index (χ3v) is 17.7. The fourth-order valence-electron chi connectivity index (χ4n) is 11.2. The van der Waals surface area contributed by atoms with E-state index in [1.807, 2.05) is 64.6 Å². The number of amides is 3. The number of carbonyl (C=O) groups is 3. The molecule has 2 fully saturated rings. The van der Waals surface area contributed by atoms with Crippen LogP contribution in [-0.2, 0) is 64.6 Å². The highest BCUT2D eigenvalue weighted by Crippen LogP contribution is 2.43. The number of nitrogens with zero attached hydrogens (tertiary/aromatic N) is 10. The molecule has 1 N–H and O–H groups in total. The molecule has 3 aliphatic rings. The first-order valence-corrected chi connectivity index (χ1v) is 32.9. The third kappa shape index (κ3) is 17.2. The number of hydrogen-bond donors (Lipinski definition) is 1. The number of para-hydroxylation sites is 3. The quantitative estimate of drug-likeness (QED) is 0.0307. The molecule has 23 nitrogen and oxygen atoms in total. The van der Waals surface area contributed by atoms with Gasteiger partial charge in [-0.2, -0.15) is 4.98 Å². The van der Waals surface area contributed by atoms with Gasteiger partial charge in [-0.25, -0.2) is 14.8 Å². The summed E-state index contributed by atoms with van der Waals surface area (Å²) in [6, 6.07) is 21.2. The summed E-state index contributed by atoms with van der Waals surface area (Å²) in [6.45, 7) is 10.9. The number of imidazole rings is 1. The second-order valence-corrected chi connectivity index (χ2v) is 24.3. The lowest BCUT2D eigenvalue weighted by Gasteiger charge is -2.38. The summed E-state index contributed by atoms with van der Waals surface area (Å²) in [5, 5.41) is 7.03. The molecule has 1 saturated heterocycles. The van der Waals surface area contributed by atoms with Gasteiger partial charge in [-0.05, 0) is 87.2 Å². The molecule has 7 aromatic rings. The second-order valence-electron chi connectivity index (χ2n) is 22.6. The van der Waals surface area contributed by atoms with Crippen LogP contribution in [0.3, 0.4) is 0 Å². The van der Waals surface area contributed by atoms with Crippen molar-refractivity contribution < 1.29 is 47.5 Å². The number of rotatable bonds is 33. The van der Waals surface area contributed by atoms with Crippen LogP contribution < -0.4 is 36.0 Å². The molecule has 10 rings (SSSR count). The Labute approximate surface area is 548 Å². The van der Waals surface area contributed by atoms with Gasteiger partial charge in [0, 0.05) is 93.9 Å². The Morgan fingerprint density at radius 3 is 2.14 bits per heavy atom. The summed E-state index contributed by atoms with van der Waals surface area (Å²) in [5.41, 5.74) is 4.08. The molecule has 4 aromatic heterocycles. The number of ether oxygens (including phenoxy) is 7. The maximum Gasteiger partial charge on any atom is 0.332 e. The number of halogens is 2.